The second kappa shape index (κ2) is 4.75. The van der Waals surface area contributed by atoms with Crippen molar-refractivity contribution in [1.82, 2.24) is 4.90 Å². The summed E-state index contributed by atoms with van der Waals surface area (Å²) in [6.07, 6.45) is 1.68. The molecular weight excluding hydrogens is 216 g/mol. The number of phenols is 1. The number of nitrogens with zero attached hydrogens (tertiary/aromatic N) is 1. The molecule has 92 valence electrons. The smallest absolute Gasteiger partial charge is 0.254 e. The van der Waals surface area contributed by atoms with Gasteiger partial charge in [0.05, 0.1) is 0 Å². The predicted molar refractivity (Wildman–Crippen MR) is 65.8 cm³/mol. The van der Waals surface area contributed by atoms with E-state index in [9.17, 15) is 9.90 Å². The topological polar surface area (TPSA) is 66.6 Å². The Balaban J connectivity index is 2.15. The highest BCUT2D eigenvalue weighted by atomic mass is 16.3. The van der Waals surface area contributed by atoms with E-state index in [2.05, 4.69) is 0 Å². The highest BCUT2D eigenvalue weighted by molar-refractivity contribution is 5.94. The summed E-state index contributed by atoms with van der Waals surface area (Å²) in [7, 11) is 0. The van der Waals surface area contributed by atoms with Crippen molar-refractivity contribution in [1.29, 1.82) is 0 Å². The minimum absolute atomic E-state index is 0.0275. The van der Waals surface area contributed by atoms with Crippen molar-refractivity contribution in [2.24, 2.45) is 5.73 Å². The third kappa shape index (κ3) is 2.58. The summed E-state index contributed by atoms with van der Waals surface area (Å²) in [6, 6.07) is 6.83. The van der Waals surface area contributed by atoms with Crippen LogP contribution in [0.1, 0.15) is 30.1 Å². The first kappa shape index (κ1) is 11.9. The molecule has 0 bridgehead atoms. The van der Waals surface area contributed by atoms with Crippen LogP contribution in [0.25, 0.3) is 0 Å². The second-order valence-electron chi connectivity index (χ2n) is 4.68. The van der Waals surface area contributed by atoms with Gasteiger partial charge in [0.15, 0.2) is 0 Å². The van der Waals surface area contributed by atoms with Crippen LogP contribution in [0.5, 0.6) is 5.75 Å². The molecule has 1 fully saturated rings. The van der Waals surface area contributed by atoms with Crippen LogP contribution in [-0.4, -0.2) is 34.5 Å². The fourth-order valence-corrected chi connectivity index (χ4v) is 2.32. The van der Waals surface area contributed by atoms with Crippen molar-refractivity contribution in [3.05, 3.63) is 29.8 Å². The lowest BCUT2D eigenvalue weighted by Gasteiger charge is -2.36. The normalized spacial score (nSPS) is 24.7. The van der Waals surface area contributed by atoms with Crippen LogP contribution in [0.4, 0.5) is 0 Å². The van der Waals surface area contributed by atoms with E-state index in [0.29, 0.717) is 12.1 Å². The van der Waals surface area contributed by atoms with E-state index in [1.165, 1.54) is 6.07 Å². The molecule has 3 N–H and O–H groups in total. The molecule has 1 saturated heterocycles. The summed E-state index contributed by atoms with van der Waals surface area (Å²) in [5, 5.41) is 9.38. The van der Waals surface area contributed by atoms with E-state index < -0.39 is 0 Å². The summed E-state index contributed by atoms with van der Waals surface area (Å²) in [4.78, 5) is 14.1. The second-order valence-corrected chi connectivity index (χ2v) is 4.68. The number of phenolic OH excluding ortho intramolecular Hbond substituents is 1. The summed E-state index contributed by atoms with van der Waals surface area (Å²) < 4.78 is 0. The van der Waals surface area contributed by atoms with Gasteiger partial charge in [-0.1, -0.05) is 6.07 Å². The van der Waals surface area contributed by atoms with Gasteiger partial charge in [-0.05, 0) is 38.0 Å². The molecule has 2 rings (SSSR count). The van der Waals surface area contributed by atoms with E-state index in [1.54, 1.807) is 18.2 Å². The number of aromatic hydroxyl groups is 1. The number of hydrogen-bond donors (Lipinski definition) is 2. The molecule has 1 aromatic carbocycles. The standard InChI is InChI=1S/C13H18N2O2/c1-9-7-11(14)5-6-15(9)13(17)10-3-2-4-12(16)8-10/h2-4,8-9,11,16H,5-7,14H2,1H3. The summed E-state index contributed by atoms with van der Waals surface area (Å²) >= 11 is 0. The number of piperidine rings is 1. The van der Waals surface area contributed by atoms with Gasteiger partial charge in [0, 0.05) is 24.2 Å². The van der Waals surface area contributed by atoms with Gasteiger partial charge in [-0.3, -0.25) is 4.79 Å². The van der Waals surface area contributed by atoms with Crippen molar-refractivity contribution >= 4 is 5.91 Å². The van der Waals surface area contributed by atoms with Gasteiger partial charge in [-0.25, -0.2) is 0 Å². The molecule has 4 nitrogen and oxygen atoms in total. The van der Waals surface area contributed by atoms with Crippen LogP contribution in [0.2, 0.25) is 0 Å². The van der Waals surface area contributed by atoms with Crippen LogP contribution >= 0.6 is 0 Å². The zero-order chi connectivity index (χ0) is 12.4. The SMILES string of the molecule is CC1CC(N)CCN1C(=O)c1cccc(O)c1. The van der Waals surface area contributed by atoms with Crippen molar-refractivity contribution in [3.63, 3.8) is 0 Å². The Bertz CT molecular complexity index is 420. The Morgan fingerprint density at radius 1 is 1.53 bits per heavy atom. The van der Waals surface area contributed by atoms with E-state index in [-0.39, 0.29) is 23.7 Å². The van der Waals surface area contributed by atoms with Gasteiger partial charge in [0.1, 0.15) is 5.75 Å². The summed E-state index contributed by atoms with van der Waals surface area (Å²) in [5.41, 5.74) is 6.41. The molecule has 0 aliphatic carbocycles. The number of hydrogen-bond acceptors (Lipinski definition) is 3. The largest absolute Gasteiger partial charge is 0.508 e. The first-order valence-corrected chi connectivity index (χ1v) is 5.93. The highest BCUT2D eigenvalue weighted by Gasteiger charge is 2.27. The number of amides is 1. The first-order valence-electron chi connectivity index (χ1n) is 5.93. The number of carbonyl (C=O) groups is 1. The lowest BCUT2D eigenvalue weighted by atomic mass is 9.98. The maximum atomic E-state index is 12.2. The Morgan fingerprint density at radius 2 is 2.29 bits per heavy atom. The minimum Gasteiger partial charge on any atom is -0.508 e. The molecule has 0 aromatic heterocycles. The fourth-order valence-electron chi connectivity index (χ4n) is 2.32. The molecule has 0 spiro atoms. The Morgan fingerprint density at radius 3 is 2.94 bits per heavy atom. The minimum atomic E-state index is -0.0275. The maximum Gasteiger partial charge on any atom is 0.254 e. The maximum absolute atomic E-state index is 12.2. The zero-order valence-electron chi connectivity index (χ0n) is 9.97. The molecular formula is C13H18N2O2. The monoisotopic (exact) mass is 234 g/mol. The zero-order valence-corrected chi connectivity index (χ0v) is 9.97. The predicted octanol–water partition coefficient (Wildman–Crippen LogP) is 1.34. The lowest BCUT2D eigenvalue weighted by molar-refractivity contribution is 0.0618. The highest BCUT2D eigenvalue weighted by Crippen LogP contribution is 2.20. The van der Waals surface area contributed by atoms with Crippen LogP contribution in [0.3, 0.4) is 0 Å². The summed E-state index contributed by atoms with van der Waals surface area (Å²) in [5.74, 6) is 0.0949. The molecule has 0 saturated carbocycles. The average Bonchev–Trinajstić information content (AvgIpc) is 2.28. The van der Waals surface area contributed by atoms with Crippen LogP contribution < -0.4 is 5.73 Å². The molecule has 17 heavy (non-hydrogen) atoms. The van der Waals surface area contributed by atoms with E-state index in [1.807, 2.05) is 11.8 Å². The van der Waals surface area contributed by atoms with Crippen LogP contribution in [0.15, 0.2) is 24.3 Å². The molecule has 4 heteroatoms. The molecule has 1 aliphatic rings. The third-order valence-electron chi connectivity index (χ3n) is 3.27. The molecule has 1 aromatic rings. The van der Waals surface area contributed by atoms with Gasteiger partial charge in [-0.15, -0.1) is 0 Å². The number of rotatable bonds is 1. The van der Waals surface area contributed by atoms with E-state index in [0.717, 1.165) is 12.8 Å². The number of carbonyl (C=O) groups excluding carboxylic acids is 1. The molecule has 0 radical (unpaired) electrons. The third-order valence-corrected chi connectivity index (χ3v) is 3.27. The lowest BCUT2D eigenvalue weighted by Crippen LogP contribution is -2.48. The summed E-state index contributed by atoms with van der Waals surface area (Å²) in [6.45, 7) is 2.70. The Hall–Kier alpha value is -1.55. The van der Waals surface area contributed by atoms with E-state index in [4.69, 9.17) is 5.73 Å². The van der Waals surface area contributed by atoms with Crippen molar-refractivity contribution in [2.75, 3.05) is 6.54 Å². The van der Waals surface area contributed by atoms with Crippen LogP contribution in [-0.2, 0) is 0 Å². The first-order chi connectivity index (χ1) is 8.08. The van der Waals surface area contributed by atoms with Gasteiger partial charge >= 0.3 is 0 Å². The molecule has 2 atom stereocenters. The fraction of sp³-hybridized carbons (Fsp3) is 0.462. The van der Waals surface area contributed by atoms with Gasteiger partial charge in [-0.2, -0.15) is 0 Å². The molecule has 1 heterocycles. The Kier molecular flexibility index (Phi) is 3.33. The number of likely N-dealkylation sites (tertiary alicyclic amines) is 1. The molecule has 2 unspecified atom stereocenters. The van der Waals surface area contributed by atoms with Crippen molar-refractivity contribution < 1.29 is 9.90 Å². The quantitative estimate of drug-likeness (QED) is 0.770. The van der Waals surface area contributed by atoms with E-state index >= 15 is 0 Å². The number of nitrogens with two attached hydrogens (primary N) is 1. The average molecular weight is 234 g/mol. The van der Waals surface area contributed by atoms with Gasteiger partial charge in [0.25, 0.3) is 5.91 Å². The van der Waals surface area contributed by atoms with Gasteiger partial charge < -0.3 is 15.7 Å². The Labute approximate surface area is 101 Å². The van der Waals surface area contributed by atoms with Crippen LogP contribution in [0, 0.1) is 0 Å². The van der Waals surface area contributed by atoms with Gasteiger partial charge in [0.2, 0.25) is 0 Å². The number of benzene rings is 1. The molecule has 1 amide bonds. The molecule has 1 aliphatic heterocycles. The van der Waals surface area contributed by atoms with Crippen molar-refractivity contribution in [2.45, 2.75) is 31.8 Å². The van der Waals surface area contributed by atoms with Crippen molar-refractivity contribution in [3.8, 4) is 5.75 Å².